The van der Waals surface area contributed by atoms with Crippen molar-refractivity contribution < 1.29 is 27.4 Å². The molecule has 0 radical (unpaired) electrons. The van der Waals surface area contributed by atoms with Crippen LogP contribution < -0.4 is 14.2 Å². The van der Waals surface area contributed by atoms with Crippen LogP contribution in [0, 0.1) is 0 Å². The van der Waals surface area contributed by atoms with E-state index in [-0.39, 0.29) is 35.9 Å². The van der Waals surface area contributed by atoms with Crippen LogP contribution in [0.4, 0.5) is 0 Å². The number of carbonyl (C=O) groups excluding carboxylic acids is 1. The van der Waals surface area contributed by atoms with Crippen molar-refractivity contribution in [1.29, 1.82) is 0 Å². The molecule has 8 nitrogen and oxygen atoms in total. The Balaban J connectivity index is 1.30. The number of benzene rings is 2. The summed E-state index contributed by atoms with van der Waals surface area (Å²) in [6, 6.07) is 10.3. The molecule has 32 heavy (non-hydrogen) atoms. The topological polar surface area (TPSA) is 85.4 Å². The van der Waals surface area contributed by atoms with Gasteiger partial charge in [0.05, 0.1) is 10.5 Å². The van der Waals surface area contributed by atoms with Crippen LogP contribution in [-0.2, 0) is 10.0 Å². The van der Waals surface area contributed by atoms with Crippen molar-refractivity contribution >= 4 is 15.9 Å². The maximum Gasteiger partial charge on any atom is 0.257 e. The average molecular weight is 459 g/mol. The van der Waals surface area contributed by atoms with Gasteiger partial charge in [0.2, 0.25) is 10.0 Å². The highest BCUT2D eigenvalue weighted by Gasteiger charge is 2.35. The second kappa shape index (κ2) is 7.97. The smallest absolute Gasteiger partial charge is 0.257 e. The third-order valence-corrected chi connectivity index (χ3v) is 8.35. The molecule has 2 aromatic carbocycles. The second-order valence-electron chi connectivity index (χ2n) is 8.34. The van der Waals surface area contributed by atoms with Gasteiger partial charge in [-0.1, -0.05) is 19.1 Å². The van der Waals surface area contributed by atoms with E-state index < -0.39 is 10.0 Å². The summed E-state index contributed by atoms with van der Waals surface area (Å²) in [4.78, 5) is 15.1. The molecule has 0 aromatic heterocycles. The number of hydrogen-bond donors (Lipinski definition) is 0. The van der Waals surface area contributed by atoms with Crippen molar-refractivity contribution in [2.45, 2.75) is 30.8 Å². The molecular formula is C23H26N2O6S. The number of rotatable bonds is 3. The third-order valence-electron chi connectivity index (χ3n) is 6.45. The summed E-state index contributed by atoms with van der Waals surface area (Å²) in [6.07, 6.45) is 0.0203. The quantitative estimate of drug-likeness (QED) is 0.703. The molecule has 0 spiro atoms. The van der Waals surface area contributed by atoms with Gasteiger partial charge < -0.3 is 19.1 Å². The first kappa shape index (κ1) is 21.1. The standard InChI is InChI=1S/C23H26N2O6S/c1-15-16(2)31-22-18(15)4-3-5-19(22)23(26)24-8-10-25(11-9-24)32(27,28)17-6-7-20-21(14-17)30-13-12-29-20/h3-7,14-16H,8-13H2,1-2H3/t15-,16+/m0/s1. The highest BCUT2D eigenvalue weighted by molar-refractivity contribution is 7.89. The first-order valence-corrected chi connectivity index (χ1v) is 12.3. The van der Waals surface area contributed by atoms with Crippen molar-refractivity contribution in [3.05, 3.63) is 47.5 Å². The highest BCUT2D eigenvalue weighted by atomic mass is 32.2. The Bertz CT molecular complexity index is 1160. The van der Waals surface area contributed by atoms with Gasteiger partial charge in [-0.2, -0.15) is 4.31 Å². The van der Waals surface area contributed by atoms with Crippen molar-refractivity contribution in [3.8, 4) is 17.2 Å². The number of hydrogen-bond acceptors (Lipinski definition) is 6. The van der Waals surface area contributed by atoms with Crippen LogP contribution in [-0.4, -0.2) is 69.0 Å². The number of amides is 1. The van der Waals surface area contributed by atoms with Gasteiger partial charge in [-0.05, 0) is 25.1 Å². The van der Waals surface area contributed by atoms with E-state index in [9.17, 15) is 13.2 Å². The molecule has 1 saturated heterocycles. The molecule has 9 heteroatoms. The number of ether oxygens (including phenoxy) is 3. The maximum absolute atomic E-state index is 13.2. The zero-order valence-electron chi connectivity index (χ0n) is 18.1. The summed E-state index contributed by atoms with van der Waals surface area (Å²) < 4.78 is 44.7. The molecule has 170 valence electrons. The molecule has 3 aliphatic heterocycles. The zero-order chi connectivity index (χ0) is 22.5. The van der Waals surface area contributed by atoms with E-state index in [4.69, 9.17) is 14.2 Å². The lowest BCUT2D eigenvalue weighted by atomic mass is 9.96. The number of carbonyl (C=O) groups is 1. The zero-order valence-corrected chi connectivity index (χ0v) is 18.9. The van der Waals surface area contributed by atoms with Crippen LogP contribution in [0.2, 0.25) is 0 Å². The lowest BCUT2D eigenvalue weighted by Crippen LogP contribution is -2.50. The van der Waals surface area contributed by atoms with Crippen LogP contribution in [0.15, 0.2) is 41.3 Å². The summed E-state index contributed by atoms with van der Waals surface area (Å²) in [5.74, 6) is 1.74. The molecule has 1 amide bonds. The van der Waals surface area contributed by atoms with Gasteiger partial charge in [-0.25, -0.2) is 8.42 Å². The highest BCUT2D eigenvalue weighted by Crippen LogP contribution is 2.40. The SMILES string of the molecule is C[C@@H]1c2cccc(C(=O)N3CCN(S(=O)(=O)c4ccc5c(c4)OCCO5)CC3)c2O[C@@H]1C. The Labute approximate surface area is 187 Å². The van der Waals surface area contributed by atoms with E-state index in [1.54, 1.807) is 17.0 Å². The maximum atomic E-state index is 13.2. The molecule has 5 rings (SSSR count). The molecule has 0 aliphatic carbocycles. The molecule has 2 aromatic rings. The fraction of sp³-hybridized carbons (Fsp3) is 0.435. The Morgan fingerprint density at radius 3 is 2.44 bits per heavy atom. The lowest BCUT2D eigenvalue weighted by molar-refractivity contribution is 0.0692. The van der Waals surface area contributed by atoms with Crippen molar-refractivity contribution in [2.24, 2.45) is 0 Å². The number of piperazine rings is 1. The molecule has 0 bridgehead atoms. The van der Waals surface area contributed by atoms with Gasteiger partial charge in [0, 0.05) is 43.7 Å². The normalized spacial score (nSPS) is 22.9. The first-order chi connectivity index (χ1) is 15.4. The monoisotopic (exact) mass is 458 g/mol. The van der Waals surface area contributed by atoms with Crippen LogP contribution in [0.25, 0.3) is 0 Å². The number of nitrogens with zero attached hydrogens (tertiary/aromatic N) is 2. The third kappa shape index (κ3) is 3.49. The van der Waals surface area contributed by atoms with E-state index in [2.05, 4.69) is 6.92 Å². The van der Waals surface area contributed by atoms with Crippen molar-refractivity contribution in [1.82, 2.24) is 9.21 Å². The van der Waals surface area contributed by atoms with Gasteiger partial charge >= 0.3 is 0 Å². The molecule has 2 atom stereocenters. The van der Waals surface area contributed by atoms with Crippen molar-refractivity contribution in [3.63, 3.8) is 0 Å². The van der Waals surface area contributed by atoms with Crippen LogP contribution >= 0.6 is 0 Å². The minimum atomic E-state index is -3.70. The van der Waals surface area contributed by atoms with Gasteiger partial charge in [0.25, 0.3) is 5.91 Å². The molecule has 0 N–H and O–H groups in total. The van der Waals surface area contributed by atoms with E-state index in [1.807, 2.05) is 19.1 Å². The summed E-state index contributed by atoms with van der Waals surface area (Å²) in [5.41, 5.74) is 1.59. The predicted molar refractivity (Wildman–Crippen MR) is 117 cm³/mol. The Morgan fingerprint density at radius 2 is 1.69 bits per heavy atom. The molecule has 1 fully saturated rings. The van der Waals surface area contributed by atoms with Gasteiger partial charge in [0.1, 0.15) is 25.1 Å². The largest absolute Gasteiger partial charge is 0.489 e. The average Bonchev–Trinajstić information content (AvgIpc) is 3.12. The number of para-hydroxylation sites is 1. The van der Waals surface area contributed by atoms with Crippen LogP contribution in [0.3, 0.4) is 0 Å². The van der Waals surface area contributed by atoms with Gasteiger partial charge in [0.15, 0.2) is 11.5 Å². The van der Waals surface area contributed by atoms with Crippen LogP contribution in [0.5, 0.6) is 17.2 Å². The first-order valence-electron chi connectivity index (χ1n) is 10.8. The Kier molecular flexibility index (Phi) is 5.25. The molecule has 3 aliphatic rings. The fourth-order valence-corrected chi connectivity index (χ4v) is 5.83. The van der Waals surface area contributed by atoms with E-state index in [1.165, 1.54) is 16.4 Å². The number of sulfonamides is 1. The summed E-state index contributed by atoms with van der Waals surface area (Å²) >= 11 is 0. The summed E-state index contributed by atoms with van der Waals surface area (Å²) in [6.45, 7) is 6.02. The Hall–Kier alpha value is -2.78. The predicted octanol–water partition coefficient (Wildman–Crippen LogP) is 2.49. The van der Waals surface area contributed by atoms with Gasteiger partial charge in [-0.3, -0.25) is 4.79 Å². The molecule has 0 unspecified atom stereocenters. The number of fused-ring (bicyclic) bond motifs is 2. The van der Waals surface area contributed by atoms with Crippen LogP contribution in [0.1, 0.15) is 35.7 Å². The second-order valence-corrected chi connectivity index (χ2v) is 10.3. The fourth-order valence-electron chi connectivity index (χ4n) is 4.39. The summed E-state index contributed by atoms with van der Waals surface area (Å²) in [5, 5.41) is 0. The minimum absolute atomic E-state index is 0.0203. The summed E-state index contributed by atoms with van der Waals surface area (Å²) in [7, 11) is -3.70. The Morgan fingerprint density at radius 1 is 0.969 bits per heavy atom. The van der Waals surface area contributed by atoms with Crippen molar-refractivity contribution in [2.75, 3.05) is 39.4 Å². The lowest BCUT2D eigenvalue weighted by Gasteiger charge is -2.34. The molecular weight excluding hydrogens is 432 g/mol. The minimum Gasteiger partial charge on any atom is -0.489 e. The van der Waals surface area contributed by atoms with E-state index in [0.717, 1.165) is 5.56 Å². The van der Waals surface area contributed by atoms with E-state index >= 15 is 0 Å². The molecule has 3 heterocycles. The van der Waals surface area contributed by atoms with E-state index in [0.29, 0.717) is 49.1 Å². The molecule has 0 saturated carbocycles. The van der Waals surface area contributed by atoms with Gasteiger partial charge in [-0.15, -0.1) is 0 Å².